The third-order valence-corrected chi connectivity index (χ3v) is 4.25. The van der Waals surface area contributed by atoms with E-state index in [0.717, 1.165) is 27.1 Å². The summed E-state index contributed by atoms with van der Waals surface area (Å²) in [6, 6.07) is 9.97. The number of hydrogen-bond donors (Lipinski definition) is 2. The predicted molar refractivity (Wildman–Crippen MR) is 92.2 cm³/mol. The van der Waals surface area contributed by atoms with Crippen LogP contribution in [-0.4, -0.2) is 29.8 Å². The molecule has 0 aliphatic heterocycles. The van der Waals surface area contributed by atoms with E-state index in [9.17, 15) is 0 Å². The summed E-state index contributed by atoms with van der Waals surface area (Å²) in [7, 11) is 0. The summed E-state index contributed by atoms with van der Waals surface area (Å²) in [5.41, 5.74) is 3.66. The second-order valence-corrected chi connectivity index (χ2v) is 6.24. The van der Waals surface area contributed by atoms with Crippen molar-refractivity contribution in [2.45, 2.75) is 12.6 Å². The summed E-state index contributed by atoms with van der Waals surface area (Å²) in [5, 5.41) is 18.7. The third-order valence-electron chi connectivity index (χ3n) is 3.75. The van der Waals surface area contributed by atoms with Crippen LogP contribution in [-0.2, 0) is 6.54 Å². The first-order valence-corrected chi connectivity index (χ1v) is 8.22. The van der Waals surface area contributed by atoms with Crippen LogP contribution >= 0.6 is 15.9 Å². The molecule has 1 atom stereocenters. The molecule has 0 amide bonds. The Balaban J connectivity index is 1.76. The number of hydrogen-bond acceptors (Lipinski definition) is 5. The molecule has 1 unspecified atom stereocenters. The van der Waals surface area contributed by atoms with Crippen LogP contribution in [0.4, 0.5) is 0 Å². The Bertz CT molecular complexity index is 948. The molecule has 7 nitrogen and oxygen atoms in total. The van der Waals surface area contributed by atoms with Gasteiger partial charge in [-0.2, -0.15) is 5.10 Å². The summed E-state index contributed by atoms with van der Waals surface area (Å²) >= 11 is 3.54. The molecule has 0 spiro atoms. The molecule has 24 heavy (non-hydrogen) atoms. The van der Waals surface area contributed by atoms with E-state index in [1.165, 1.54) is 0 Å². The van der Waals surface area contributed by atoms with Crippen LogP contribution in [0.5, 0.6) is 0 Å². The minimum atomic E-state index is -0.126. The molecule has 2 N–H and O–H groups in total. The summed E-state index contributed by atoms with van der Waals surface area (Å²) in [4.78, 5) is 4.56. The number of halogens is 1. The molecule has 3 heterocycles. The van der Waals surface area contributed by atoms with E-state index >= 15 is 0 Å². The van der Waals surface area contributed by atoms with E-state index < -0.39 is 0 Å². The monoisotopic (exact) mass is 383 g/mol. The second-order valence-electron chi connectivity index (χ2n) is 5.33. The lowest BCUT2D eigenvalue weighted by Gasteiger charge is -2.19. The van der Waals surface area contributed by atoms with Crippen molar-refractivity contribution in [3.05, 3.63) is 76.7 Å². The number of aromatic nitrogens is 6. The molecule has 8 heteroatoms. The topological polar surface area (TPSA) is 83.8 Å². The van der Waals surface area contributed by atoms with Crippen LogP contribution in [0.2, 0.25) is 0 Å². The van der Waals surface area contributed by atoms with Crippen molar-refractivity contribution >= 4 is 21.6 Å². The molecule has 0 radical (unpaired) electrons. The molecular formula is C16H14BrN7. The maximum Gasteiger partial charge on any atom is 0.184 e. The molecule has 4 rings (SSSR count). The lowest BCUT2D eigenvalue weighted by Crippen LogP contribution is -2.24. The zero-order valence-corrected chi connectivity index (χ0v) is 14.2. The van der Waals surface area contributed by atoms with Crippen LogP contribution in [0.15, 0.2) is 59.7 Å². The van der Waals surface area contributed by atoms with Crippen molar-refractivity contribution in [3.8, 4) is 0 Å². The van der Waals surface area contributed by atoms with Gasteiger partial charge in [0.2, 0.25) is 0 Å². The number of nitrogens with one attached hydrogen (secondary N) is 2. The van der Waals surface area contributed by atoms with Crippen LogP contribution in [0, 0.1) is 0 Å². The van der Waals surface area contributed by atoms with Gasteiger partial charge in [-0.3, -0.25) is 19.8 Å². The Hall–Kier alpha value is -2.58. The van der Waals surface area contributed by atoms with Gasteiger partial charge >= 0.3 is 0 Å². The van der Waals surface area contributed by atoms with Gasteiger partial charge in [0.1, 0.15) is 12.0 Å². The summed E-state index contributed by atoms with van der Waals surface area (Å²) in [6.07, 6.45) is 7.01. The van der Waals surface area contributed by atoms with Crippen LogP contribution in [0.3, 0.4) is 0 Å². The zero-order chi connectivity index (χ0) is 16.4. The number of benzene rings is 1. The quantitative estimate of drug-likeness (QED) is 0.553. The average Bonchev–Trinajstić information content (AvgIpc) is 3.27. The second kappa shape index (κ2) is 6.50. The van der Waals surface area contributed by atoms with Crippen LogP contribution < -0.4 is 5.32 Å². The lowest BCUT2D eigenvalue weighted by atomic mass is 10.0. The molecule has 1 aromatic carbocycles. The molecule has 0 aliphatic carbocycles. The molecule has 0 bridgehead atoms. The molecule has 0 aliphatic rings. The maximum atomic E-state index is 4.56. The molecule has 0 fully saturated rings. The average molecular weight is 384 g/mol. The van der Waals surface area contributed by atoms with Gasteiger partial charge < -0.3 is 0 Å². The number of nitrogens with zero attached hydrogens (tertiary/aromatic N) is 5. The summed E-state index contributed by atoms with van der Waals surface area (Å²) in [5.74, 6) is 0. The van der Waals surface area contributed by atoms with Gasteiger partial charge in [-0.25, -0.2) is 0 Å². The fourth-order valence-electron chi connectivity index (χ4n) is 2.64. The van der Waals surface area contributed by atoms with E-state index in [2.05, 4.69) is 58.8 Å². The Morgan fingerprint density at radius 1 is 1.25 bits per heavy atom. The van der Waals surface area contributed by atoms with Crippen molar-refractivity contribution in [2.24, 2.45) is 0 Å². The highest BCUT2D eigenvalue weighted by Crippen LogP contribution is 2.25. The van der Waals surface area contributed by atoms with E-state index in [-0.39, 0.29) is 6.04 Å². The number of H-pyrrole nitrogens is 1. The van der Waals surface area contributed by atoms with Crippen molar-refractivity contribution in [1.82, 2.24) is 35.1 Å². The van der Waals surface area contributed by atoms with Gasteiger partial charge in [0, 0.05) is 35.3 Å². The highest BCUT2D eigenvalue weighted by atomic mass is 79.9. The zero-order valence-electron chi connectivity index (χ0n) is 12.6. The van der Waals surface area contributed by atoms with Gasteiger partial charge in [0.05, 0.1) is 6.04 Å². The van der Waals surface area contributed by atoms with Crippen molar-refractivity contribution in [2.75, 3.05) is 0 Å². The number of fused-ring (bicyclic) bond motifs is 1. The number of rotatable bonds is 5. The van der Waals surface area contributed by atoms with Crippen molar-refractivity contribution in [3.63, 3.8) is 0 Å². The smallest absolute Gasteiger partial charge is 0.184 e. The molecular weight excluding hydrogens is 370 g/mol. The van der Waals surface area contributed by atoms with Crippen molar-refractivity contribution in [1.29, 1.82) is 0 Å². The lowest BCUT2D eigenvalue weighted by molar-refractivity contribution is 0.584. The summed E-state index contributed by atoms with van der Waals surface area (Å²) < 4.78 is 2.88. The molecule has 4 aromatic rings. The first kappa shape index (κ1) is 15.0. The molecule has 0 saturated heterocycles. The van der Waals surface area contributed by atoms with Crippen LogP contribution in [0.1, 0.15) is 23.0 Å². The molecule has 120 valence electrons. The fourth-order valence-corrected chi connectivity index (χ4v) is 3.05. The first-order chi connectivity index (χ1) is 11.8. The summed E-state index contributed by atoms with van der Waals surface area (Å²) in [6.45, 7) is 0.633. The Morgan fingerprint density at radius 3 is 3.04 bits per heavy atom. The Labute approximate surface area is 146 Å². The van der Waals surface area contributed by atoms with Gasteiger partial charge in [0.25, 0.3) is 0 Å². The predicted octanol–water partition coefficient (Wildman–Crippen LogP) is 2.49. The molecule has 0 saturated carbocycles. The van der Waals surface area contributed by atoms with E-state index in [1.54, 1.807) is 18.7 Å². The highest BCUT2D eigenvalue weighted by molar-refractivity contribution is 9.10. The van der Waals surface area contributed by atoms with Gasteiger partial charge in [-0.15, -0.1) is 10.2 Å². The van der Waals surface area contributed by atoms with E-state index in [1.807, 2.05) is 28.8 Å². The maximum absolute atomic E-state index is 4.56. The fraction of sp³-hybridized carbons (Fsp3) is 0.125. The Kier molecular flexibility index (Phi) is 4.06. The van der Waals surface area contributed by atoms with E-state index in [0.29, 0.717) is 6.54 Å². The van der Waals surface area contributed by atoms with E-state index in [4.69, 9.17) is 0 Å². The highest BCUT2D eigenvalue weighted by Gasteiger charge is 2.20. The third kappa shape index (κ3) is 2.93. The van der Waals surface area contributed by atoms with Gasteiger partial charge in [-0.1, -0.05) is 28.1 Å². The molecule has 3 aromatic heterocycles. The first-order valence-electron chi connectivity index (χ1n) is 7.42. The van der Waals surface area contributed by atoms with Gasteiger partial charge in [-0.05, 0) is 23.8 Å². The SMILES string of the molecule is Brc1cccc(C(NCc2ccn[nH]2)c2nccn3cnnc23)c1. The normalized spacial score (nSPS) is 12.5. The number of aromatic amines is 1. The standard InChI is InChI=1S/C16H14BrN7/c17-12-3-1-2-11(8-12)14(19-9-13-4-5-20-22-13)15-16-23-21-10-24(16)7-6-18-15/h1-8,10,14,19H,9H2,(H,20,22). The largest absolute Gasteiger partial charge is 0.299 e. The van der Waals surface area contributed by atoms with Crippen LogP contribution in [0.25, 0.3) is 5.65 Å². The Morgan fingerprint density at radius 2 is 2.21 bits per heavy atom. The van der Waals surface area contributed by atoms with Gasteiger partial charge in [0.15, 0.2) is 5.65 Å². The minimum Gasteiger partial charge on any atom is -0.299 e. The minimum absolute atomic E-state index is 0.126. The van der Waals surface area contributed by atoms with Crippen molar-refractivity contribution < 1.29 is 0 Å².